The average molecular weight is 261 g/mol. The summed E-state index contributed by atoms with van der Waals surface area (Å²) in [5.74, 6) is 1.35. The molecule has 1 fully saturated rings. The van der Waals surface area contributed by atoms with Crippen LogP contribution in [0.25, 0.3) is 0 Å². The zero-order chi connectivity index (χ0) is 14.3. The molecule has 5 heteroatoms. The molecule has 0 bridgehead atoms. The molecule has 1 aliphatic heterocycles. The highest BCUT2D eigenvalue weighted by atomic mass is 15.2. The third-order valence-electron chi connectivity index (χ3n) is 4.48. The fourth-order valence-corrected chi connectivity index (χ4v) is 3.25. The molecule has 1 spiro atoms. The van der Waals surface area contributed by atoms with Crippen LogP contribution in [0.3, 0.4) is 0 Å². The summed E-state index contributed by atoms with van der Waals surface area (Å²) in [6.45, 7) is 6.81. The lowest BCUT2D eigenvalue weighted by Gasteiger charge is -2.43. The molecule has 0 atom stereocenters. The van der Waals surface area contributed by atoms with Crippen molar-refractivity contribution in [2.24, 2.45) is 27.8 Å². The maximum Gasteiger partial charge on any atom is 0.195 e. The SMILES string of the molecule is CC(C)(C)C1CCC2(CC1)N=C(N)NC(N)=C2C#N. The predicted octanol–water partition coefficient (Wildman–Crippen LogP) is 1.57. The maximum atomic E-state index is 9.35. The highest BCUT2D eigenvalue weighted by Crippen LogP contribution is 2.46. The van der Waals surface area contributed by atoms with Gasteiger partial charge in [0.15, 0.2) is 5.96 Å². The molecule has 0 amide bonds. The Morgan fingerprint density at radius 1 is 1.32 bits per heavy atom. The summed E-state index contributed by atoms with van der Waals surface area (Å²) in [5.41, 5.74) is 12.0. The van der Waals surface area contributed by atoms with Crippen LogP contribution in [0.2, 0.25) is 0 Å². The number of aliphatic imine (C=N–C) groups is 1. The molecule has 104 valence electrons. The van der Waals surface area contributed by atoms with E-state index in [4.69, 9.17) is 11.5 Å². The van der Waals surface area contributed by atoms with Gasteiger partial charge in [-0.3, -0.25) is 0 Å². The first kappa shape index (κ1) is 13.7. The number of hydrogen-bond donors (Lipinski definition) is 3. The minimum Gasteiger partial charge on any atom is -0.384 e. The number of rotatable bonds is 0. The van der Waals surface area contributed by atoms with Gasteiger partial charge in [-0.25, -0.2) is 4.99 Å². The Labute approximate surface area is 114 Å². The van der Waals surface area contributed by atoms with Crippen molar-refractivity contribution in [3.8, 4) is 6.07 Å². The monoisotopic (exact) mass is 261 g/mol. The van der Waals surface area contributed by atoms with Gasteiger partial charge in [0, 0.05) is 0 Å². The minimum absolute atomic E-state index is 0.297. The maximum absolute atomic E-state index is 9.35. The fraction of sp³-hybridized carbons (Fsp3) is 0.714. The molecule has 0 aromatic carbocycles. The molecule has 1 heterocycles. The molecule has 5 nitrogen and oxygen atoms in total. The molecule has 0 aromatic heterocycles. The summed E-state index contributed by atoms with van der Waals surface area (Å²) in [4.78, 5) is 4.52. The van der Waals surface area contributed by atoms with Crippen LogP contribution in [-0.2, 0) is 0 Å². The number of nitriles is 1. The van der Waals surface area contributed by atoms with E-state index in [0.29, 0.717) is 28.7 Å². The van der Waals surface area contributed by atoms with Crippen LogP contribution < -0.4 is 16.8 Å². The molecule has 0 unspecified atom stereocenters. The Bertz CT molecular complexity index is 467. The largest absolute Gasteiger partial charge is 0.384 e. The summed E-state index contributed by atoms with van der Waals surface area (Å²) in [6.07, 6.45) is 3.80. The minimum atomic E-state index is -0.490. The van der Waals surface area contributed by atoms with Crippen molar-refractivity contribution in [2.45, 2.75) is 52.0 Å². The van der Waals surface area contributed by atoms with Gasteiger partial charge in [0.2, 0.25) is 0 Å². The molecule has 2 aliphatic rings. The number of nitrogens with one attached hydrogen (secondary N) is 1. The molecule has 0 aromatic rings. The Morgan fingerprint density at radius 3 is 2.37 bits per heavy atom. The van der Waals surface area contributed by atoms with Crippen molar-refractivity contribution < 1.29 is 0 Å². The molecule has 2 rings (SSSR count). The number of nitrogens with zero attached hydrogens (tertiary/aromatic N) is 2. The fourth-order valence-electron chi connectivity index (χ4n) is 3.25. The lowest BCUT2D eigenvalue weighted by Crippen LogP contribution is -2.48. The van der Waals surface area contributed by atoms with Gasteiger partial charge in [-0.15, -0.1) is 0 Å². The molecular weight excluding hydrogens is 238 g/mol. The van der Waals surface area contributed by atoms with Crippen LogP contribution in [0, 0.1) is 22.7 Å². The third-order valence-corrected chi connectivity index (χ3v) is 4.48. The molecule has 0 radical (unpaired) electrons. The van der Waals surface area contributed by atoms with Crippen LogP contribution >= 0.6 is 0 Å². The van der Waals surface area contributed by atoms with E-state index in [-0.39, 0.29) is 0 Å². The second-order valence-corrected chi connectivity index (χ2v) is 6.69. The highest BCUT2D eigenvalue weighted by molar-refractivity contribution is 5.82. The van der Waals surface area contributed by atoms with Gasteiger partial charge in [-0.05, 0) is 37.0 Å². The standard InChI is InChI=1S/C14H23N5/c1-13(2,3)9-4-6-14(7-5-9)10(8-15)11(16)18-12(17)19-14/h9H,4-7,16H2,1-3H3,(H3,17,18,19). The van der Waals surface area contributed by atoms with Gasteiger partial charge >= 0.3 is 0 Å². The molecule has 1 saturated carbocycles. The van der Waals surface area contributed by atoms with Gasteiger partial charge in [0.1, 0.15) is 17.4 Å². The van der Waals surface area contributed by atoms with E-state index in [1.54, 1.807) is 0 Å². The molecule has 1 aliphatic carbocycles. The Balaban J connectivity index is 2.26. The topological polar surface area (TPSA) is 100 Å². The first-order valence-corrected chi connectivity index (χ1v) is 6.81. The summed E-state index contributed by atoms with van der Waals surface area (Å²) in [7, 11) is 0. The lowest BCUT2D eigenvalue weighted by molar-refractivity contribution is 0.148. The first-order valence-electron chi connectivity index (χ1n) is 6.81. The van der Waals surface area contributed by atoms with Crippen molar-refractivity contribution in [3.63, 3.8) is 0 Å². The van der Waals surface area contributed by atoms with Crippen molar-refractivity contribution >= 4 is 5.96 Å². The lowest BCUT2D eigenvalue weighted by atomic mass is 9.65. The van der Waals surface area contributed by atoms with E-state index in [2.05, 4.69) is 37.1 Å². The van der Waals surface area contributed by atoms with Crippen molar-refractivity contribution in [1.29, 1.82) is 5.26 Å². The highest BCUT2D eigenvalue weighted by Gasteiger charge is 2.44. The van der Waals surface area contributed by atoms with Gasteiger partial charge in [0.05, 0.1) is 5.57 Å². The molecule has 0 saturated heterocycles. The number of nitrogens with two attached hydrogens (primary N) is 2. The Kier molecular flexibility index (Phi) is 3.21. The molecule has 5 N–H and O–H groups in total. The predicted molar refractivity (Wildman–Crippen MR) is 75.7 cm³/mol. The second-order valence-electron chi connectivity index (χ2n) is 6.69. The van der Waals surface area contributed by atoms with Crippen LogP contribution in [0.1, 0.15) is 46.5 Å². The second kappa shape index (κ2) is 4.44. The zero-order valence-corrected chi connectivity index (χ0v) is 12.0. The van der Waals surface area contributed by atoms with E-state index in [0.717, 1.165) is 25.7 Å². The van der Waals surface area contributed by atoms with E-state index in [9.17, 15) is 5.26 Å². The first-order chi connectivity index (χ1) is 8.78. The normalized spacial score (nSPS) is 31.7. The van der Waals surface area contributed by atoms with Gasteiger partial charge < -0.3 is 16.8 Å². The number of hydrogen-bond acceptors (Lipinski definition) is 5. The van der Waals surface area contributed by atoms with Crippen molar-refractivity contribution in [1.82, 2.24) is 5.32 Å². The van der Waals surface area contributed by atoms with E-state index < -0.39 is 5.54 Å². The third kappa shape index (κ3) is 2.40. The average Bonchev–Trinajstić information content (AvgIpc) is 2.27. The van der Waals surface area contributed by atoms with E-state index in [1.807, 2.05) is 0 Å². The van der Waals surface area contributed by atoms with Crippen molar-refractivity contribution in [2.75, 3.05) is 0 Å². The van der Waals surface area contributed by atoms with Gasteiger partial charge in [-0.2, -0.15) is 5.26 Å². The van der Waals surface area contributed by atoms with E-state index >= 15 is 0 Å². The quantitative estimate of drug-likeness (QED) is 0.616. The summed E-state index contributed by atoms with van der Waals surface area (Å²) in [5, 5.41) is 12.1. The van der Waals surface area contributed by atoms with E-state index in [1.165, 1.54) is 0 Å². The van der Waals surface area contributed by atoms with Crippen LogP contribution in [0.15, 0.2) is 16.4 Å². The molecule has 19 heavy (non-hydrogen) atoms. The van der Waals surface area contributed by atoms with Gasteiger partial charge in [0.25, 0.3) is 0 Å². The zero-order valence-electron chi connectivity index (χ0n) is 12.0. The van der Waals surface area contributed by atoms with Crippen LogP contribution in [0.5, 0.6) is 0 Å². The van der Waals surface area contributed by atoms with Crippen LogP contribution in [0.4, 0.5) is 0 Å². The molecular formula is C14H23N5. The summed E-state index contributed by atoms with van der Waals surface area (Å²) in [6, 6.07) is 2.22. The smallest absolute Gasteiger partial charge is 0.195 e. The van der Waals surface area contributed by atoms with Crippen LogP contribution in [-0.4, -0.2) is 11.5 Å². The number of guanidine groups is 1. The summed E-state index contributed by atoms with van der Waals surface area (Å²) < 4.78 is 0. The van der Waals surface area contributed by atoms with Crippen molar-refractivity contribution in [3.05, 3.63) is 11.4 Å². The summed E-state index contributed by atoms with van der Waals surface area (Å²) >= 11 is 0. The Morgan fingerprint density at radius 2 is 1.89 bits per heavy atom. The van der Waals surface area contributed by atoms with Gasteiger partial charge in [-0.1, -0.05) is 20.8 Å². The Hall–Kier alpha value is -1.70.